The van der Waals surface area contributed by atoms with E-state index in [4.69, 9.17) is 4.42 Å². The number of nitrogens with zero attached hydrogens (tertiary/aromatic N) is 3. The second kappa shape index (κ2) is 6.12. The molecular formula is C15H26N4O. The van der Waals surface area contributed by atoms with Gasteiger partial charge in [-0.15, -0.1) is 5.10 Å². The van der Waals surface area contributed by atoms with Gasteiger partial charge >= 0.3 is 6.01 Å². The van der Waals surface area contributed by atoms with Crippen molar-refractivity contribution in [3.05, 3.63) is 5.89 Å². The summed E-state index contributed by atoms with van der Waals surface area (Å²) in [5.41, 5.74) is 0. The molecule has 2 aliphatic rings. The van der Waals surface area contributed by atoms with Crippen molar-refractivity contribution in [3.63, 3.8) is 0 Å². The molecule has 0 amide bonds. The zero-order valence-electron chi connectivity index (χ0n) is 12.6. The average Bonchev–Trinajstić information content (AvgIpc) is 3.12. The van der Waals surface area contributed by atoms with Crippen LogP contribution in [0, 0.1) is 5.92 Å². The molecule has 0 aromatic carbocycles. The minimum Gasteiger partial charge on any atom is -0.406 e. The molecule has 0 radical (unpaired) electrons. The van der Waals surface area contributed by atoms with Crippen LogP contribution in [0.4, 0.5) is 6.01 Å². The number of piperidine rings is 1. The van der Waals surface area contributed by atoms with Crippen LogP contribution >= 0.6 is 0 Å². The highest BCUT2D eigenvalue weighted by molar-refractivity contribution is 5.29. The number of rotatable bonds is 5. The first-order valence-electron chi connectivity index (χ1n) is 8.13. The van der Waals surface area contributed by atoms with Gasteiger partial charge in [0, 0.05) is 12.6 Å². The summed E-state index contributed by atoms with van der Waals surface area (Å²) in [5.74, 6) is 1.56. The van der Waals surface area contributed by atoms with Crippen LogP contribution in [0.5, 0.6) is 0 Å². The predicted molar refractivity (Wildman–Crippen MR) is 78.7 cm³/mol. The summed E-state index contributed by atoms with van der Waals surface area (Å²) >= 11 is 0. The second-order valence-electron chi connectivity index (χ2n) is 6.19. The smallest absolute Gasteiger partial charge is 0.318 e. The molecule has 5 heteroatoms. The lowest BCUT2D eigenvalue weighted by Crippen LogP contribution is -2.42. The summed E-state index contributed by atoms with van der Waals surface area (Å²) in [6, 6.07) is 1.51. The average molecular weight is 278 g/mol. The van der Waals surface area contributed by atoms with Crippen LogP contribution in [0.1, 0.15) is 64.3 Å². The first-order chi connectivity index (χ1) is 9.79. The maximum Gasteiger partial charge on any atom is 0.318 e. The van der Waals surface area contributed by atoms with Crippen LogP contribution in [-0.2, 0) is 0 Å². The molecule has 3 unspecified atom stereocenters. The first kappa shape index (κ1) is 13.9. The van der Waals surface area contributed by atoms with Gasteiger partial charge in [0.25, 0.3) is 0 Å². The molecule has 3 rings (SSSR count). The lowest BCUT2D eigenvalue weighted by Gasteiger charge is -2.36. The van der Waals surface area contributed by atoms with Crippen molar-refractivity contribution in [1.29, 1.82) is 0 Å². The normalized spacial score (nSPS) is 27.6. The number of aromatic nitrogens is 2. The van der Waals surface area contributed by atoms with E-state index in [-0.39, 0.29) is 6.04 Å². The van der Waals surface area contributed by atoms with Crippen LogP contribution < -0.4 is 10.2 Å². The van der Waals surface area contributed by atoms with E-state index in [1.165, 1.54) is 32.1 Å². The van der Waals surface area contributed by atoms with E-state index in [1.54, 1.807) is 0 Å². The fourth-order valence-electron chi connectivity index (χ4n) is 3.66. The summed E-state index contributed by atoms with van der Waals surface area (Å²) in [5, 5.41) is 11.9. The third-order valence-electron chi connectivity index (χ3n) is 4.74. The zero-order chi connectivity index (χ0) is 13.9. The highest BCUT2D eigenvalue weighted by Crippen LogP contribution is 2.38. The highest BCUT2D eigenvalue weighted by Gasteiger charge is 2.37. The molecule has 2 fully saturated rings. The maximum absolute atomic E-state index is 5.93. The van der Waals surface area contributed by atoms with E-state index in [0.717, 1.165) is 31.4 Å². The van der Waals surface area contributed by atoms with E-state index in [1.807, 2.05) is 0 Å². The Hall–Kier alpha value is -1.10. The molecular weight excluding hydrogens is 252 g/mol. The van der Waals surface area contributed by atoms with Crippen LogP contribution in [0.25, 0.3) is 0 Å². The van der Waals surface area contributed by atoms with E-state index in [2.05, 4.69) is 34.3 Å². The fraction of sp³-hybridized carbons (Fsp3) is 0.867. The van der Waals surface area contributed by atoms with Crippen molar-refractivity contribution in [2.75, 3.05) is 18.0 Å². The number of hydrogen-bond acceptors (Lipinski definition) is 5. The van der Waals surface area contributed by atoms with Gasteiger partial charge in [-0.25, -0.2) is 0 Å². The Kier molecular flexibility index (Phi) is 4.24. The van der Waals surface area contributed by atoms with Crippen LogP contribution in [-0.4, -0.2) is 29.3 Å². The molecule has 112 valence electrons. The monoisotopic (exact) mass is 278 g/mol. The van der Waals surface area contributed by atoms with Crippen molar-refractivity contribution in [1.82, 2.24) is 15.5 Å². The molecule has 3 atom stereocenters. The summed E-state index contributed by atoms with van der Waals surface area (Å²) in [7, 11) is 0. The molecule has 1 aliphatic carbocycles. The Labute approximate surface area is 121 Å². The number of hydrogen-bond donors (Lipinski definition) is 1. The van der Waals surface area contributed by atoms with Crippen molar-refractivity contribution >= 4 is 6.01 Å². The molecule has 20 heavy (non-hydrogen) atoms. The number of anilines is 1. The fourth-order valence-corrected chi connectivity index (χ4v) is 3.66. The van der Waals surface area contributed by atoms with Crippen molar-refractivity contribution in [2.24, 2.45) is 5.92 Å². The maximum atomic E-state index is 5.93. The summed E-state index contributed by atoms with van der Waals surface area (Å²) in [6.45, 7) is 6.29. The summed E-state index contributed by atoms with van der Waals surface area (Å²) in [6.07, 6.45) is 7.74. The lowest BCUT2D eigenvalue weighted by molar-refractivity contribution is 0.333. The molecule has 1 aromatic heterocycles. The second-order valence-corrected chi connectivity index (χ2v) is 6.19. The van der Waals surface area contributed by atoms with Gasteiger partial charge in [-0.1, -0.05) is 18.4 Å². The molecule has 0 bridgehead atoms. The SMILES string of the molecule is CCCNC(C)c1nnc(N2CCCC3CCCC32)o1. The minimum atomic E-state index is 0.139. The van der Waals surface area contributed by atoms with Gasteiger partial charge in [0.1, 0.15) is 0 Å². The molecule has 5 nitrogen and oxygen atoms in total. The molecule has 1 aliphatic heterocycles. The van der Waals surface area contributed by atoms with Crippen molar-refractivity contribution < 1.29 is 4.42 Å². The molecule has 1 saturated heterocycles. The molecule has 0 spiro atoms. The van der Waals surface area contributed by atoms with Crippen molar-refractivity contribution in [3.8, 4) is 0 Å². The van der Waals surface area contributed by atoms with E-state index < -0.39 is 0 Å². The Morgan fingerprint density at radius 1 is 1.30 bits per heavy atom. The van der Waals surface area contributed by atoms with Gasteiger partial charge in [0.15, 0.2) is 0 Å². The topological polar surface area (TPSA) is 54.2 Å². The molecule has 1 aromatic rings. The van der Waals surface area contributed by atoms with Gasteiger partial charge in [-0.05, 0) is 51.5 Å². The highest BCUT2D eigenvalue weighted by atomic mass is 16.4. The largest absolute Gasteiger partial charge is 0.406 e. The Morgan fingerprint density at radius 3 is 3.00 bits per heavy atom. The molecule has 2 heterocycles. The van der Waals surface area contributed by atoms with E-state index in [9.17, 15) is 0 Å². The van der Waals surface area contributed by atoms with Crippen LogP contribution in [0.15, 0.2) is 4.42 Å². The number of nitrogens with one attached hydrogen (secondary N) is 1. The van der Waals surface area contributed by atoms with E-state index in [0.29, 0.717) is 11.9 Å². The van der Waals surface area contributed by atoms with Crippen LogP contribution in [0.2, 0.25) is 0 Å². The van der Waals surface area contributed by atoms with Crippen LogP contribution in [0.3, 0.4) is 0 Å². The summed E-state index contributed by atoms with van der Waals surface area (Å²) in [4.78, 5) is 2.37. The first-order valence-corrected chi connectivity index (χ1v) is 8.13. The Morgan fingerprint density at radius 2 is 2.15 bits per heavy atom. The van der Waals surface area contributed by atoms with E-state index >= 15 is 0 Å². The predicted octanol–water partition coefficient (Wildman–Crippen LogP) is 2.90. The Balaban J connectivity index is 1.69. The number of fused-ring (bicyclic) bond motifs is 1. The lowest BCUT2D eigenvalue weighted by atomic mass is 9.92. The quantitative estimate of drug-likeness (QED) is 0.897. The van der Waals surface area contributed by atoms with Gasteiger partial charge in [-0.3, -0.25) is 0 Å². The zero-order valence-corrected chi connectivity index (χ0v) is 12.6. The van der Waals surface area contributed by atoms with Gasteiger partial charge < -0.3 is 14.6 Å². The standard InChI is InChI=1S/C15H26N4O/c1-3-9-16-11(2)14-17-18-15(20-14)19-10-5-7-12-6-4-8-13(12)19/h11-13,16H,3-10H2,1-2H3. The van der Waals surface area contributed by atoms with Gasteiger partial charge in [0.05, 0.1) is 6.04 Å². The van der Waals surface area contributed by atoms with Gasteiger partial charge in [0.2, 0.25) is 5.89 Å². The Bertz CT molecular complexity index is 433. The molecule has 1 saturated carbocycles. The summed E-state index contributed by atoms with van der Waals surface area (Å²) < 4.78 is 5.93. The van der Waals surface area contributed by atoms with Gasteiger partial charge in [-0.2, -0.15) is 0 Å². The third-order valence-corrected chi connectivity index (χ3v) is 4.74. The third kappa shape index (κ3) is 2.68. The van der Waals surface area contributed by atoms with Crippen molar-refractivity contribution in [2.45, 2.75) is 64.5 Å². The minimum absolute atomic E-state index is 0.139. The molecule has 1 N–H and O–H groups in total.